The maximum atomic E-state index is 5.75. The Bertz CT molecular complexity index is 436. The van der Waals surface area contributed by atoms with Crippen molar-refractivity contribution >= 4 is 21.6 Å². The number of rotatable bonds is 4. The van der Waals surface area contributed by atoms with Crippen molar-refractivity contribution in [3.05, 3.63) is 28.2 Å². The summed E-state index contributed by atoms with van der Waals surface area (Å²) in [4.78, 5) is 2.46. The van der Waals surface area contributed by atoms with E-state index in [1.807, 2.05) is 0 Å². The lowest BCUT2D eigenvalue weighted by molar-refractivity contribution is 0.0821. The molecule has 4 heteroatoms. The molecule has 0 aromatic heterocycles. The molecule has 0 saturated carbocycles. The van der Waals surface area contributed by atoms with E-state index in [-0.39, 0.29) is 0 Å². The first kappa shape index (κ1) is 15.8. The smallest absolute Gasteiger partial charge is 0.0721 e. The van der Waals surface area contributed by atoms with Gasteiger partial charge in [-0.1, -0.05) is 35.8 Å². The Labute approximate surface area is 130 Å². The van der Waals surface area contributed by atoms with Gasteiger partial charge < -0.3 is 15.0 Å². The molecule has 1 aromatic rings. The summed E-state index contributed by atoms with van der Waals surface area (Å²) in [5.74, 6) is 0. The summed E-state index contributed by atoms with van der Waals surface area (Å²) < 4.78 is 6.89. The fraction of sp³-hybridized carbons (Fsp3) is 0.625. The fourth-order valence-corrected chi connectivity index (χ4v) is 2.86. The second-order valence-corrected chi connectivity index (χ2v) is 6.71. The summed E-state index contributed by atoms with van der Waals surface area (Å²) in [6.07, 6.45) is 1.39. The van der Waals surface area contributed by atoms with Gasteiger partial charge in [-0.3, -0.25) is 0 Å². The van der Waals surface area contributed by atoms with E-state index >= 15 is 0 Å². The molecule has 1 aliphatic rings. The van der Waals surface area contributed by atoms with Crippen molar-refractivity contribution < 1.29 is 4.74 Å². The Morgan fingerprint density at radius 1 is 1.45 bits per heavy atom. The van der Waals surface area contributed by atoms with E-state index in [1.165, 1.54) is 11.3 Å². The Morgan fingerprint density at radius 3 is 3.00 bits per heavy atom. The highest BCUT2D eigenvalue weighted by atomic mass is 79.9. The van der Waals surface area contributed by atoms with Crippen LogP contribution < -0.4 is 10.2 Å². The standard InChI is InChI=1S/C16H25BrN2O/c1-12(2)18-10-14-5-6-15(17)9-16(14)19-7-4-8-20-13(3)11-19/h5-6,9,12-13,18H,4,7-8,10-11H2,1-3H3. The van der Waals surface area contributed by atoms with E-state index in [1.54, 1.807) is 0 Å². The van der Waals surface area contributed by atoms with E-state index < -0.39 is 0 Å². The van der Waals surface area contributed by atoms with Gasteiger partial charge in [0.15, 0.2) is 0 Å². The number of benzene rings is 1. The molecule has 1 saturated heterocycles. The van der Waals surface area contributed by atoms with Gasteiger partial charge in [0, 0.05) is 42.4 Å². The third-order valence-corrected chi connectivity index (χ3v) is 4.03. The second kappa shape index (κ2) is 7.43. The van der Waals surface area contributed by atoms with Crippen molar-refractivity contribution in [2.75, 3.05) is 24.6 Å². The number of nitrogens with one attached hydrogen (secondary N) is 1. The van der Waals surface area contributed by atoms with E-state index in [9.17, 15) is 0 Å². The highest BCUT2D eigenvalue weighted by Gasteiger charge is 2.18. The maximum Gasteiger partial charge on any atom is 0.0721 e. The monoisotopic (exact) mass is 340 g/mol. The molecular weight excluding hydrogens is 316 g/mol. The first-order valence-electron chi connectivity index (χ1n) is 7.44. The molecule has 0 bridgehead atoms. The molecule has 0 aliphatic carbocycles. The average Bonchev–Trinajstić information content (AvgIpc) is 2.61. The van der Waals surface area contributed by atoms with Crippen LogP contribution in [0.15, 0.2) is 22.7 Å². The Kier molecular flexibility index (Phi) is 5.87. The minimum Gasteiger partial charge on any atom is -0.377 e. The second-order valence-electron chi connectivity index (χ2n) is 5.79. The third kappa shape index (κ3) is 4.47. The van der Waals surface area contributed by atoms with E-state index in [2.05, 4.69) is 65.1 Å². The molecule has 0 radical (unpaired) electrons. The molecule has 0 amide bonds. The summed E-state index contributed by atoms with van der Waals surface area (Å²) in [5, 5.41) is 3.51. The predicted octanol–water partition coefficient (Wildman–Crippen LogP) is 3.56. The molecule has 3 nitrogen and oxygen atoms in total. The summed E-state index contributed by atoms with van der Waals surface area (Å²) in [6, 6.07) is 7.07. The third-order valence-electron chi connectivity index (χ3n) is 3.54. The summed E-state index contributed by atoms with van der Waals surface area (Å²) in [5.41, 5.74) is 2.68. The molecule has 112 valence electrons. The lowest BCUT2D eigenvalue weighted by atomic mass is 10.1. The number of hydrogen-bond acceptors (Lipinski definition) is 3. The van der Waals surface area contributed by atoms with Crippen molar-refractivity contribution in [1.29, 1.82) is 0 Å². The van der Waals surface area contributed by atoms with Crippen LogP contribution in [0.5, 0.6) is 0 Å². The van der Waals surface area contributed by atoms with Crippen LogP contribution in [0, 0.1) is 0 Å². The van der Waals surface area contributed by atoms with Crippen LogP contribution in [-0.2, 0) is 11.3 Å². The van der Waals surface area contributed by atoms with Gasteiger partial charge in [-0.15, -0.1) is 0 Å². The van der Waals surface area contributed by atoms with Gasteiger partial charge in [0.25, 0.3) is 0 Å². The molecule has 1 unspecified atom stereocenters. The minimum atomic E-state index is 0.294. The van der Waals surface area contributed by atoms with Gasteiger partial charge >= 0.3 is 0 Å². The molecule has 1 N–H and O–H groups in total. The highest BCUT2D eigenvalue weighted by molar-refractivity contribution is 9.10. The molecule has 0 spiro atoms. The molecule has 20 heavy (non-hydrogen) atoms. The molecule has 1 aliphatic heterocycles. The van der Waals surface area contributed by atoms with Crippen molar-refractivity contribution in [2.45, 2.75) is 45.9 Å². The lowest BCUT2D eigenvalue weighted by Crippen LogP contribution is -2.32. The van der Waals surface area contributed by atoms with Gasteiger partial charge in [0.05, 0.1) is 6.10 Å². The largest absolute Gasteiger partial charge is 0.377 e. The number of ether oxygens (including phenoxy) is 1. The first-order valence-corrected chi connectivity index (χ1v) is 8.24. The number of halogens is 1. The highest BCUT2D eigenvalue weighted by Crippen LogP contribution is 2.27. The fourth-order valence-electron chi connectivity index (χ4n) is 2.51. The lowest BCUT2D eigenvalue weighted by Gasteiger charge is -2.27. The molecule has 1 heterocycles. The Morgan fingerprint density at radius 2 is 2.25 bits per heavy atom. The Hall–Kier alpha value is -0.580. The summed E-state index contributed by atoms with van der Waals surface area (Å²) >= 11 is 3.60. The van der Waals surface area contributed by atoms with Crippen molar-refractivity contribution in [3.8, 4) is 0 Å². The molecule has 1 atom stereocenters. The van der Waals surface area contributed by atoms with Crippen LogP contribution >= 0.6 is 15.9 Å². The van der Waals surface area contributed by atoms with Crippen LogP contribution in [0.3, 0.4) is 0 Å². The van der Waals surface area contributed by atoms with Gasteiger partial charge in [-0.25, -0.2) is 0 Å². The van der Waals surface area contributed by atoms with Crippen molar-refractivity contribution in [3.63, 3.8) is 0 Å². The predicted molar refractivity (Wildman–Crippen MR) is 88.4 cm³/mol. The first-order chi connectivity index (χ1) is 9.56. The van der Waals surface area contributed by atoms with E-state index in [0.717, 1.165) is 37.1 Å². The number of anilines is 1. The van der Waals surface area contributed by atoms with Gasteiger partial charge in [0.2, 0.25) is 0 Å². The minimum absolute atomic E-state index is 0.294. The maximum absolute atomic E-state index is 5.75. The van der Waals surface area contributed by atoms with E-state index in [0.29, 0.717) is 12.1 Å². The zero-order valence-corrected chi connectivity index (χ0v) is 14.2. The Balaban J connectivity index is 2.20. The molecule has 1 aromatic carbocycles. The topological polar surface area (TPSA) is 24.5 Å². The molecule has 2 rings (SSSR count). The van der Waals surface area contributed by atoms with E-state index in [4.69, 9.17) is 4.74 Å². The van der Waals surface area contributed by atoms with Crippen LogP contribution in [0.25, 0.3) is 0 Å². The molecule has 1 fully saturated rings. The van der Waals surface area contributed by atoms with Crippen LogP contribution in [0.4, 0.5) is 5.69 Å². The van der Waals surface area contributed by atoms with Gasteiger partial charge in [-0.2, -0.15) is 0 Å². The van der Waals surface area contributed by atoms with Gasteiger partial charge in [0.1, 0.15) is 0 Å². The number of nitrogens with zero attached hydrogens (tertiary/aromatic N) is 1. The zero-order valence-electron chi connectivity index (χ0n) is 12.7. The van der Waals surface area contributed by atoms with Gasteiger partial charge in [-0.05, 0) is 31.0 Å². The zero-order chi connectivity index (χ0) is 14.5. The summed E-state index contributed by atoms with van der Waals surface area (Å²) in [6.45, 7) is 10.3. The average molecular weight is 341 g/mol. The van der Waals surface area contributed by atoms with Crippen LogP contribution in [-0.4, -0.2) is 31.8 Å². The van der Waals surface area contributed by atoms with Crippen molar-refractivity contribution in [1.82, 2.24) is 5.32 Å². The van der Waals surface area contributed by atoms with Crippen LogP contribution in [0.2, 0.25) is 0 Å². The van der Waals surface area contributed by atoms with Crippen molar-refractivity contribution in [2.24, 2.45) is 0 Å². The van der Waals surface area contributed by atoms with Crippen LogP contribution in [0.1, 0.15) is 32.8 Å². The quantitative estimate of drug-likeness (QED) is 0.906. The molecular formula is C16H25BrN2O. The summed E-state index contributed by atoms with van der Waals surface area (Å²) in [7, 11) is 0. The SMILES string of the molecule is CC(C)NCc1ccc(Br)cc1N1CCCOC(C)C1. The number of hydrogen-bond donors (Lipinski definition) is 1. The normalized spacial score (nSPS) is 20.2.